The van der Waals surface area contributed by atoms with Crippen LogP contribution in [0.4, 0.5) is 0 Å². The molecule has 0 atom stereocenters. The van der Waals surface area contributed by atoms with Crippen LogP contribution in [0.1, 0.15) is 27.8 Å². The molecule has 0 aliphatic heterocycles. The fourth-order valence-corrected chi connectivity index (χ4v) is 4.10. The monoisotopic (exact) mass is 601 g/mol. The summed E-state index contributed by atoms with van der Waals surface area (Å²) < 4.78 is 17.5. The van der Waals surface area contributed by atoms with Crippen molar-refractivity contribution in [2.45, 2.75) is 26.7 Å². The van der Waals surface area contributed by atoms with Gasteiger partial charge in [0.05, 0.1) is 20.8 Å². The maximum atomic E-state index is 13.2. The van der Waals surface area contributed by atoms with Crippen LogP contribution in [-0.2, 0) is 29.4 Å². The number of aryl methyl sites for hydroxylation is 1. The maximum Gasteiger partial charge on any atom is 0.270 e. The first-order valence-corrected chi connectivity index (χ1v) is 13.6. The minimum atomic E-state index is -0.282. The molecule has 0 saturated carbocycles. The van der Waals surface area contributed by atoms with Gasteiger partial charge >= 0.3 is 0 Å². The normalized spacial score (nSPS) is 10.9. The van der Waals surface area contributed by atoms with E-state index in [9.17, 15) is 4.79 Å². The lowest BCUT2D eigenvalue weighted by molar-refractivity contribution is -0.190. The Morgan fingerprint density at radius 1 is 0.775 bits per heavy atom. The van der Waals surface area contributed by atoms with Crippen LogP contribution in [0.3, 0.4) is 0 Å². The molecule has 0 fully saturated rings. The van der Waals surface area contributed by atoms with Crippen molar-refractivity contribution >= 4 is 27.9 Å². The van der Waals surface area contributed by atoms with Crippen LogP contribution in [0, 0.1) is 6.92 Å². The molecule has 0 aliphatic rings. The molecule has 0 radical (unpaired) electrons. The fourth-order valence-electron chi connectivity index (χ4n) is 3.84. The maximum absolute atomic E-state index is 13.2. The molecule has 40 heavy (non-hydrogen) atoms. The third-order valence-electron chi connectivity index (χ3n) is 6.15. The molecule has 0 saturated heterocycles. The molecule has 0 aromatic heterocycles. The molecule has 206 valence electrons. The van der Waals surface area contributed by atoms with Crippen molar-refractivity contribution in [2.75, 3.05) is 14.2 Å². The molecule has 0 aliphatic carbocycles. The highest BCUT2D eigenvalue weighted by molar-refractivity contribution is 9.10. The Bertz CT molecular complexity index is 1420. The molecule has 4 aromatic rings. The van der Waals surface area contributed by atoms with Crippen molar-refractivity contribution in [1.82, 2.24) is 5.06 Å². The molecular weight excluding hydrogens is 570 g/mol. The number of ether oxygens (including phenoxy) is 3. The van der Waals surface area contributed by atoms with Crippen LogP contribution in [0.25, 0.3) is 6.08 Å². The molecule has 6 nitrogen and oxygen atoms in total. The van der Waals surface area contributed by atoms with E-state index in [1.54, 1.807) is 26.4 Å². The summed E-state index contributed by atoms with van der Waals surface area (Å²) in [5.41, 5.74) is 4.99. The van der Waals surface area contributed by atoms with Crippen molar-refractivity contribution in [2.24, 2.45) is 0 Å². The summed E-state index contributed by atoms with van der Waals surface area (Å²) in [6.07, 6.45) is 3.21. The summed E-state index contributed by atoms with van der Waals surface area (Å²) in [7, 11) is 3.16. The quantitative estimate of drug-likeness (QED) is 0.124. The van der Waals surface area contributed by atoms with Gasteiger partial charge in [-0.05, 0) is 71.7 Å². The van der Waals surface area contributed by atoms with E-state index in [-0.39, 0.29) is 12.5 Å². The average molecular weight is 603 g/mol. The molecule has 0 heterocycles. The number of halogens is 1. The fraction of sp³-hybridized carbons (Fsp3) is 0.182. The van der Waals surface area contributed by atoms with Crippen LogP contribution in [0.5, 0.6) is 17.2 Å². The zero-order valence-electron chi connectivity index (χ0n) is 22.8. The molecule has 4 rings (SSSR count). The number of hydrogen-bond donors (Lipinski definition) is 0. The van der Waals surface area contributed by atoms with E-state index in [2.05, 4.69) is 47.1 Å². The summed E-state index contributed by atoms with van der Waals surface area (Å²) in [5.74, 6) is 1.70. The highest BCUT2D eigenvalue weighted by atomic mass is 79.9. The third kappa shape index (κ3) is 8.46. The van der Waals surface area contributed by atoms with Crippen molar-refractivity contribution < 1.29 is 23.8 Å². The average Bonchev–Trinajstić information content (AvgIpc) is 2.99. The number of methoxy groups -OCH3 is 2. The van der Waals surface area contributed by atoms with Crippen molar-refractivity contribution in [3.63, 3.8) is 0 Å². The van der Waals surface area contributed by atoms with E-state index >= 15 is 0 Å². The van der Waals surface area contributed by atoms with Gasteiger partial charge in [-0.3, -0.25) is 9.63 Å². The smallest absolute Gasteiger partial charge is 0.270 e. The lowest BCUT2D eigenvalue weighted by Crippen LogP contribution is -2.29. The first-order valence-electron chi connectivity index (χ1n) is 12.8. The minimum Gasteiger partial charge on any atom is -0.493 e. The van der Waals surface area contributed by atoms with E-state index < -0.39 is 0 Å². The number of carbonyl (C=O) groups excluding carboxylic acids is 1. The van der Waals surface area contributed by atoms with Gasteiger partial charge in [0.1, 0.15) is 19.0 Å². The molecule has 4 aromatic carbocycles. The van der Waals surface area contributed by atoms with Crippen LogP contribution in [-0.4, -0.2) is 25.2 Å². The number of carbonyl (C=O) groups is 1. The van der Waals surface area contributed by atoms with Crippen molar-refractivity contribution in [3.05, 3.63) is 129 Å². The number of hydroxylamine groups is 2. The molecule has 0 unspecified atom stereocenters. The summed E-state index contributed by atoms with van der Waals surface area (Å²) in [4.78, 5) is 19.2. The number of rotatable bonds is 12. The lowest BCUT2D eigenvalue weighted by Gasteiger charge is -2.21. The predicted octanol–water partition coefficient (Wildman–Crippen LogP) is 7.53. The topological polar surface area (TPSA) is 57.2 Å². The SMILES string of the molecule is COc1ccc(/C=C/C(=O)N(Cc2ccc(Br)cc2)OCc2ccc(OCc3ccc(C)cc3)cc2)cc1OC. The summed E-state index contributed by atoms with van der Waals surface area (Å²) in [6, 6.07) is 29.2. The zero-order chi connectivity index (χ0) is 28.3. The first-order chi connectivity index (χ1) is 19.4. The van der Waals surface area contributed by atoms with Crippen molar-refractivity contribution in [1.29, 1.82) is 0 Å². The largest absolute Gasteiger partial charge is 0.493 e. The Labute approximate surface area is 243 Å². The van der Waals surface area contributed by atoms with E-state index in [0.29, 0.717) is 24.7 Å². The molecule has 1 amide bonds. The molecule has 0 bridgehead atoms. The predicted molar refractivity (Wildman–Crippen MR) is 160 cm³/mol. The van der Waals surface area contributed by atoms with Gasteiger partial charge in [-0.25, -0.2) is 5.06 Å². The number of nitrogens with zero attached hydrogens (tertiary/aromatic N) is 1. The number of hydrogen-bond acceptors (Lipinski definition) is 5. The minimum absolute atomic E-state index is 0.227. The van der Waals surface area contributed by atoms with Crippen LogP contribution in [0.2, 0.25) is 0 Å². The van der Waals surface area contributed by atoms with E-state index in [4.69, 9.17) is 19.0 Å². The second kappa shape index (κ2) is 14.4. The lowest BCUT2D eigenvalue weighted by atomic mass is 10.2. The van der Waals surface area contributed by atoms with Crippen LogP contribution >= 0.6 is 15.9 Å². The van der Waals surface area contributed by atoms with E-state index in [1.807, 2.05) is 60.7 Å². The second-order valence-corrected chi connectivity index (χ2v) is 10.1. The van der Waals surface area contributed by atoms with Gasteiger partial charge in [-0.2, -0.15) is 0 Å². The van der Waals surface area contributed by atoms with Crippen molar-refractivity contribution in [3.8, 4) is 17.2 Å². The van der Waals surface area contributed by atoms with Gasteiger partial charge in [0.15, 0.2) is 11.5 Å². The Hall–Kier alpha value is -4.07. The Balaban J connectivity index is 1.41. The first kappa shape index (κ1) is 28.9. The van der Waals surface area contributed by atoms with Crippen LogP contribution in [0.15, 0.2) is 102 Å². The zero-order valence-corrected chi connectivity index (χ0v) is 24.4. The van der Waals surface area contributed by atoms with Gasteiger partial charge in [0.2, 0.25) is 0 Å². The number of amides is 1. The van der Waals surface area contributed by atoms with Gasteiger partial charge in [-0.1, -0.05) is 76.1 Å². The Kier molecular flexibility index (Phi) is 10.4. The molecule has 0 spiro atoms. The molecule has 7 heteroatoms. The van der Waals surface area contributed by atoms with E-state index in [1.165, 1.54) is 16.7 Å². The second-order valence-electron chi connectivity index (χ2n) is 9.14. The van der Waals surface area contributed by atoms with E-state index in [0.717, 1.165) is 32.5 Å². The highest BCUT2D eigenvalue weighted by Gasteiger charge is 2.14. The Morgan fingerprint density at radius 2 is 1.40 bits per heavy atom. The van der Waals surface area contributed by atoms with Crippen LogP contribution < -0.4 is 14.2 Å². The highest BCUT2D eigenvalue weighted by Crippen LogP contribution is 2.28. The van der Waals surface area contributed by atoms with Gasteiger partial charge < -0.3 is 14.2 Å². The number of benzene rings is 4. The standard InChI is InChI=1S/C33H32BrNO5/c1-24-4-6-27(7-5-24)22-39-30-16-10-28(11-17-30)23-40-35(21-26-8-14-29(34)15-9-26)33(36)19-13-25-12-18-31(37-2)32(20-25)38-3/h4-20H,21-23H2,1-3H3/b19-13+. The van der Waals surface area contributed by atoms with Gasteiger partial charge in [0, 0.05) is 10.5 Å². The molecular formula is C33H32BrNO5. The summed E-state index contributed by atoms with van der Waals surface area (Å²) in [6.45, 7) is 3.08. The van der Waals surface area contributed by atoms with Gasteiger partial charge in [-0.15, -0.1) is 0 Å². The Morgan fingerprint density at radius 3 is 2.08 bits per heavy atom. The third-order valence-corrected chi connectivity index (χ3v) is 6.68. The molecule has 0 N–H and O–H groups in total. The summed E-state index contributed by atoms with van der Waals surface area (Å²) >= 11 is 3.46. The van der Waals surface area contributed by atoms with Gasteiger partial charge in [0.25, 0.3) is 5.91 Å². The summed E-state index contributed by atoms with van der Waals surface area (Å²) in [5, 5.41) is 1.36.